The van der Waals surface area contributed by atoms with Gasteiger partial charge in [-0.15, -0.1) is 0 Å². The zero-order valence-electron chi connectivity index (χ0n) is 11.1. The molecule has 82 valence electrons. The minimum atomic E-state index is -0.685. The molecular formula is C11H19CaNO2. The van der Waals surface area contributed by atoms with Crippen molar-refractivity contribution in [2.75, 3.05) is 0 Å². The van der Waals surface area contributed by atoms with Crippen LogP contribution in [0.15, 0.2) is 24.5 Å². The smallest absolute Gasteiger partial charge is 1.00 e. The van der Waals surface area contributed by atoms with Gasteiger partial charge in [0.25, 0.3) is 0 Å². The molecule has 0 aliphatic carbocycles. The van der Waals surface area contributed by atoms with Gasteiger partial charge in [-0.2, -0.15) is 0 Å². The molecule has 1 heterocycles. The molecule has 15 heavy (non-hydrogen) atoms. The Balaban J connectivity index is -0.000000653. The minimum Gasteiger partial charge on any atom is -1.00 e. The molecule has 1 aromatic rings. The maximum atomic E-state index is 10.2. The third-order valence-electron chi connectivity index (χ3n) is 2.22. The van der Waals surface area contributed by atoms with Crippen LogP contribution in [-0.4, -0.2) is 53.4 Å². The van der Waals surface area contributed by atoms with Crippen LogP contribution in [0.1, 0.15) is 35.0 Å². The maximum absolute atomic E-state index is 10.2. The molecule has 0 fully saturated rings. The van der Waals surface area contributed by atoms with Gasteiger partial charge in [0, 0.05) is 25.4 Å². The van der Waals surface area contributed by atoms with Crippen LogP contribution < -0.4 is 0 Å². The van der Waals surface area contributed by atoms with Crippen LogP contribution in [0.2, 0.25) is 0 Å². The molecule has 0 saturated heterocycles. The molecule has 0 aliphatic rings. The number of aliphatic carboxylic acids is 1. The number of unbranched alkanes of at least 4 members (excludes halogenated alkanes) is 3. The number of carboxylic acid groups (broad SMARTS) is 1. The molecule has 1 aromatic heterocycles. The molecule has 0 unspecified atom stereocenters. The summed E-state index contributed by atoms with van der Waals surface area (Å²) in [6.45, 7) is 1.04. The first-order chi connectivity index (χ1) is 6.79. The van der Waals surface area contributed by atoms with Gasteiger partial charge >= 0.3 is 43.7 Å². The van der Waals surface area contributed by atoms with Gasteiger partial charge in [-0.3, -0.25) is 4.79 Å². The van der Waals surface area contributed by atoms with E-state index >= 15 is 0 Å². The Labute approximate surface area is 123 Å². The van der Waals surface area contributed by atoms with Crippen LogP contribution in [0.3, 0.4) is 0 Å². The van der Waals surface area contributed by atoms with Gasteiger partial charge in [0.2, 0.25) is 0 Å². The first-order valence-corrected chi connectivity index (χ1v) is 5.11. The Morgan fingerprint density at radius 1 is 1.13 bits per heavy atom. The number of hydrogen-bond donors (Lipinski definition) is 1. The number of carboxylic acids is 1. The summed E-state index contributed by atoms with van der Waals surface area (Å²) < 4.78 is 2.15. The number of nitrogens with zero attached hydrogens (tertiary/aromatic N) is 1. The van der Waals surface area contributed by atoms with Crippen LogP contribution in [0.5, 0.6) is 0 Å². The molecule has 0 saturated carbocycles. The third kappa shape index (κ3) is 7.88. The third-order valence-corrected chi connectivity index (χ3v) is 2.22. The first-order valence-electron chi connectivity index (χ1n) is 5.11. The summed E-state index contributed by atoms with van der Waals surface area (Å²) in [6.07, 6.45) is 8.49. The van der Waals surface area contributed by atoms with E-state index in [4.69, 9.17) is 5.11 Å². The van der Waals surface area contributed by atoms with Crippen LogP contribution in [-0.2, 0) is 11.3 Å². The Bertz CT molecular complexity index is 268. The number of carbonyl (C=O) groups is 1. The van der Waals surface area contributed by atoms with E-state index in [1.807, 2.05) is 12.1 Å². The molecule has 1 rings (SSSR count). The topological polar surface area (TPSA) is 42.2 Å². The van der Waals surface area contributed by atoms with Crippen molar-refractivity contribution in [1.82, 2.24) is 4.57 Å². The average Bonchev–Trinajstić information content (AvgIpc) is 2.63. The van der Waals surface area contributed by atoms with Crippen LogP contribution >= 0.6 is 0 Å². The fourth-order valence-corrected chi connectivity index (χ4v) is 1.44. The summed E-state index contributed by atoms with van der Waals surface area (Å²) in [5.41, 5.74) is 0. The molecule has 3 nitrogen and oxygen atoms in total. The second-order valence-corrected chi connectivity index (χ2v) is 3.48. The van der Waals surface area contributed by atoms with Gasteiger partial charge in [-0.05, 0) is 25.0 Å². The van der Waals surface area contributed by atoms with E-state index in [1.54, 1.807) is 0 Å². The van der Waals surface area contributed by atoms with Gasteiger partial charge in [0.1, 0.15) is 0 Å². The van der Waals surface area contributed by atoms with Crippen LogP contribution in [0.25, 0.3) is 0 Å². The van der Waals surface area contributed by atoms with Crippen molar-refractivity contribution in [3.8, 4) is 0 Å². The average molecular weight is 237 g/mol. The number of aromatic nitrogens is 1. The summed E-state index contributed by atoms with van der Waals surface area (Å²) in [7, 11) is 0. The van der Waals surface area contributed by atoms with E-state index < -0.39 is 5.97 Å². The Morgan fingerprint density at radius 2 is 1.73 bits per heavy atom. The predicted molar refractivity (Wildman–Crippen MR) is 63.1 cm³/mol. The molecule has 0 aromatic carbocycles. The number of rotatable bonds is 7. The summed E-state index contributed by atoms with van der Waals surface area (Å²) >= 11 is 0. The van der Waals surface area contributed by atoms with Crippen molar-refractivity contribution in [2.45, 2.75) is 38.6 Å². The summed E-state index contributed by atoms with van der Waals surface area (Å²) in [5, 5.41) is 8.42. The van der Waals surface area contributed by atoms with E-state index in [0.29, 0.717) is 6.42 Å². The molecule has 4 heteroatoms. The van der Waals surface area contributed by atoms with Crippen molar-refractivity contribution in [3.63, 3.8) is 0 Å². The van der Waals surface area contributed by atoms with Crippen molar-refractivity contribution >= 4 is 43.7 Å². The predicted octanol–water partition coefficient (Wildman–Crippen LogP) is 2.37. The van der Waals surface area contributed by atoms with E-state index in [2.05, 4.69) is 17.0 Å². The van der Waals surface area contributed by atoms with Gasteiger partial charge in [-0.25, -0.2) is 0 Å². The first kappa shape index (κ1) is 15.0. The Morgan fingerprint density at radius 3 is 2.33 bits per heavy atom. The maximum Gasteiger partial charge on any atom is 2.00 e. The fraction of sp³-hybridized carbons (Fsp3) is 0.545. The van der Waals surface area contributed by atoms with Gasteiger partial charge < -0.3 is 12.5 Å². The zero-order chi connectivity index (χ0) is 10.2. The molecule has 0 aliphatic heterocycles. The minimum absolute atomic E-state index is 0. The molecule has 0 radical (unpaired) electrons. The molecule has 0 bridgehead atoms. The normalized spacial score (nSPS) is 9.60. The summed E-state index contributed by atoms with van der Waals surface area (Å²) in [4.78, 5) is 10.2. The summed E-state index contributed by atoms with van der Waals surface area (Å²) in [5.74, 6) is -0.685. The van der Waals surface area contributed by atoms with Gasteiger partial charge in [0.05, 0.1) is 0 Å². The van der Waals surface area contributed by atoms with Gasteiger partial charge in [-0.1, -0.05) is 12.8 Å². The molecular weight excluding hydrogens is 218 g/mol. The van der Waals surface area contributed by atoms with E-state index in [0.717, 1.165) is 32.2 Å². The fourth-order valence-electron chi connectivity index (χ4n) is 1.44. The Hall–Kier alpha value is 0.00974. The van der Waals surface area contributed by atoms with Crippen molar-refractivity contribution < 1.29 is 12.8 Å². The monoisotopic (exact) mass is 237 g/mol. The van der Waals surface area contributed by atoms with Crippen molar-refractivity contribution in [1.29, 1.82) is 0 Å². The second kappa shape index (κ2) is 9.25. The number of aryl methyl sites for hydroxylation is 1. The van der Waals surface area contributed by atoms with Crippen molar-refractivity contribution in [2.24, 2.45) is 0 Å². The number of hydrogen-bond acceptors (Lipinski definition) is 1. The zero-order valence-corrected chi connectivity index (χ0v) is 11.3. The van der Waals surface area contributed by atoms with Crippen LogP contribution in [0, 0.1) is 0 Å². The second-order valence-electron chi connectivity index (χ2n) is 3.48. The largest absolute Gasteiger partial charge is 2.00 e. The van der Waals surface area contributed by atoms with E-state index in [9.17, 15) is 4.79 Å². The molecule has 1 N–H and O–H groups in total. The standard InChI is InChI=1S/C11H17NO2.Ca.2H/c13-11(14)7-3-1-2-4-8-12-9-5-6-10-12;;;/h5-6,9-10H,1-4,7-8H2,(H,13,14);;;/q;+2;2*-1. The molecule has 0 amide bonds. The van der Waals surface area contributed by atoms with Gasteiger partial charge in [0.15, 0.2) is 0 Å². The van der Waals surface area contributed by atoms with E-state index in [-0.39, 0.29) is 40.6 Å². The quantitative estimate of drug-likeness (QED) is 0.584. The molecule has 0 spiro atoms. The molecule has 0 atom stereocenters. The Kier molecular flexibility index (Phi) is 9.26. The SMILES string of the molecule is O=C(O)CCCCCCn1cccc1.[Ca+2].[H-].[H-]. The summed E-state index contributed by atoms with van der Waals surface area (Å²) in [6, 6.07) is 4.04. The van der Waals surface area contributed by atoms with Crippen molar-refractivity contribution in [3.05, 3.63) is 24.5 Å². The van der Waals surface area contributed by atoms with Crippen LogP contribution in [0.4, 0.5) is 0 Å². The van der Waals surface area contributed by atoms with E-state index in [1.165, 1.54) is 0 Å².